The van der Waals surface area contributed by atoms with E-state index in [9.17, 15) is 4.79 Å². The predicted molar refractivity (Wildman–Crippen MR) is 79.9 cm³/mol. The number of nitrogens with one attached hydrogen (secondary N) is 2. The minimum atomic E-state index is 0.0160. The first-order valence-electron chi connectivity index (χ1n) is 7.72. The van der Waals surface area contributed by atoms with Gasteiger partial charge in [0.05, 0.1) is 11.9 Å². The van der Waals surface area contributed by atoms with Crippen molar-refractivity contribution in [2.45, 2.75) is 32.2 Å². The lowest BCUT2D eigenvalue weighted by atomic mass is 9.89. The third kappa shape index (κ3) is 2.87. The van der Waals surface area contributed by atoms with Crippen LogP contribution in [0.4, 0.5) is 5.69 Å². The first-order chi connectivity index (χ1) is 9.76. The first-order valence-corrected chi connectivity index (χ1v) is 7.72. The molecule has 0 radical (unpaired) electrons. The molecule has 0 saturated heterocycles. The molecule has 3 atom stereocenters. The standard InChI is InChI=1S/C15H24N4O/c1-16-4-5-17-14-8-15(20)19(18-9-14)10-13-7-11-2-3-12(13)6-11/h8-9,11-13,16-17H,2-7,10H2,1H3. The Hall–Kier alpha value is -1.36. The maximum atomic E-state index is 12.1. The molecule has 1 heterocycles. The predicted octanol–water partition coefficient (Wildman–Crippen LogP) is 1.31. The van der Waals surface area contributed by atoms with Crippen LogP contribution < -0.4 is 16.2 Å². The molecule has 20 heavy (non-hydrogen) atoms. The SMILES string of the molecule is CNCCNc1cnn(CC2CC3CCC2C3)c(=O)c1. The van der Waals surface area contributed by atoms with Crippen molar-refractivity contribution in [3.05, 3.63) is 22.6 Å². The summed E-state index contributed by atoms with van der Waals surface area (Å²) in [6.45, 7) is 2.47. The van der Waals surface area contributed by atoms with Crippen LogP contribution >= 0.6 is 0 Å². The second-order valence-electron chi connectivity index (χ2n) is 6.23. The van der Waals surface area contributed by atoms with E-state index >= 15 is 0 Å². The molecular weight excluding hydrogens is 252 g/mol. The summed E-state index contributed by atoms with van der Waals surface area (Å²) in [5.74, 6) is 2.42. The van der Waals surface area contributed by atoms with Crippen molar-refractivity contribution < 1.29 is 0 Å². The van der Waals surface area contributed by atoms with Gasteiger partial charge in [0.15, 0.2) is 0 Å². The Bertz CT molecular complexity index is 513. The van der Waals surface area contributed by atoms with Crippen molar-refractivity contribution in [1.82, 2.24) is 15.1 Å². The summed E-state index contributed by atoms with van der Waals surface area (Å²) < 4.78 is 1.65. The molecule has 0 amide bonds. The Morgan fingerprint density at radius 1 is 1.35 bits per heavy atom. The summed E-state index contributed by atoms with van der Waals surface area (Å²) in [5, 5.41) is 10.6. The van der Waals surface area contributed by atoms with Crippen molar-refractivity contribution in [2.75, 3.05) is 25.5 Å². The second kappa shape index (κ2) is 5.95. The monoisotopic (exact) mass is 276 g/mol. The van der Waals surface area contributed by atoms with Crippen molar-refractivity contribution in [2.24, 2.45) is 17.8 Å². The highest BCUT2D eigenvalue weighted by atomic mass is 16.1. The highest BCUT2D eigenvalue weighted by molar-refractivity contribution is 5.38. The molecule has 5 nitrogen and oxygen atoms in total. The van der Waals surface area contributed by atoms with Crippen molar-refractivity contribution >= 4 is 5.69 Å². The molecule has 2 fully saturated rings. The zero-order valence-corrected chi connectivity index (χ0v) is 12.1. The van der Waals surface area contributed by atoms with Gasteiger partial charge in [0.2, 0.25) is 0 Å². The molecule has 110 valence electrons. The fourth-order valence-electron chi connectivity index (χ4n) is 3.82. The van der Waals surface area contributed by atoms with E-state index < -0.39 is 0 Å². The number of fused-ring (bicyclic) bond motifs is 2. The number of likely N-dealkylation sites (N-methyl/N-ethyl adjacent to an activating group) is 1. The Morgan fingerprint density at radius 2 is 2.25 bits per heavy atom. The molecule has 0 aliphatic heterocycles. The molecule has 2 aliphatic rings. The Labute approximate surface area is 119 Å². The highest BCUT2D eigenvalue weighted by Crippen LogP contribution is 2.48. The van der Waals surface area contributed by atoms with E-state index in [1.807, 2.05) is 7.05 Å². The lowest BCUT2D eigenvalue weighted by Gasteiger charge is -2.21. The molecule has 2 saturated carbocycles. The van der Waals surface area contributed by atoms with E-state index in [2.05, 4.69) is 15.7 Å². The quantitative estimate of drug-likeness (QED) is 0.769. The van der Waals surface area contributed by atoms with E-state index in [-0.39, 0.29) is 5.56 Å². The molecule has 1 aromatic rings. The summed E-state index contributed by atoms with van der Waals surface area (Å²) in [4.78, 5) is 12.1. The van der Waals surface area contributed by atoms with Gasteiger partial charge in [-0.25, -0.2) is 4.68 Å². The topological polar surface area (TPSA) is 59.0 Å². The third-order valence-electron chi connectivity index (χ3n) is 4.87. The van der Waals surface area contributed by atoms with Crippen LogP contribution in [0.2, 0.25) is 0 Å². The molecule has 3 rings (SSSR count). The maximum Gasteiger partial charge on any atom is 0.268 e. The average Bonchev–Trinajstić information content (AvgIpc) is 3.04. The second-order valence-corrected chi connectivity index (χ2v) is 6.23. The van der Waals surface area contributed by atoms with E-state index in [1.165, 1.54) is 25.7 Å². The Kier molecular flexibility index (Phi) is 4.05. The van der Waals surface area contributed by atoms with Crippen molar-refractivity contribution in [3.63, 3.8) is 0 Å². The van der Waals surface area contributed by atoms with Crippen LogP contribution in [-0.4, -0.2) is 29.9 Å². The molecule has 0 aromatic carbocycles. The fraction of sp³-hybridized carbons (Fsp3) is 0.733. The average molecular weight is 276 g/mol. The fourth-order valence-corrected chi connectivity index (χ4v) is 3.82. The summed E-state index contributed by atoms with van der Waals surface area (Å²) in [5.41, 5.74) is 0.830. The molecule has 2 bridgehead atoms. The number of nitrogens with zero attached hydrogens (tertiary/aromatic N) is 2. The normalized spacial score (nSPS) is 27.9. The van der Waals surface area contributed by atoms with Gasteiger partial charge in [0, 0.05) is 25.7 Å². The smallest absolute Gasteiger partial charge is 0.268 e. The van der Waals surface area contributed by atoms with Crippen LogP contribution in [0, 0.1) is 17.8 Å². The van der Waals surface area contributed by atoms with Crippen molar-refractivity contribution in [3.8, 4) is 0 Å². The number of aromatic nitrogens is 2. The van der Waals surface area contributed by atoms with Gasteiger partial charge in [-0.3, -0.25) is 4.79 Å². The van der Waals surface area contributed by atoms with Crippen LogP contribution in [-0.2, 0) is 6.54 Å². The molecule has 1 aromatic heterocycles. The van der Waals surface area contributed by atoms with Crippen LogP contribution in [0.5, 0.6) is 0 Å². The largest absolute Gasteiger partial charge is 0.382 e. The summed E-state index contributed by atoms with van der Waals surface area (Å²) in [6.07, 6.45) is 7.19. The van der Waals surface area contributed by atoms with Gasteiger partial charge in [-0.2, -0.15) is 5.10 Å². The van der Waals surface area contributed by atoms with Crippen LogP contribution in [0.1, 0.15) is 25.7 Å². The minimum Gasteiger partial charge on any atom is -0.382 e. The maximum absolute atomic E-state index is 12.1. The van der Waals surface area contributed by atoms with Gasteiger partial charge in [0.1, 0.15) is 0 Å². The van der Waals surface area contributed by atoms with Gasteiger partial charge >= 0.3 is 0 Å². The van der Waals surface area contributed by atoms with Crippen LogP contribution in [0.15, 0.2) is 17.1 Å². The number of rotatable bonds is 6. The highest BCUT2D eigenvalue weighted by Gasteiger charge is 2.39. The van der Waals surface area contributed by atoms with E-state index in [4.69, 9.17) is 0 Å². The lowest BCUT2D eigenvalue weighted by molar-refractivity contribution is 0.280. The molecule has 3 unspecified atom stereocenters. The van der Waals surface area contributed by atoms with Gasteiger partial charge in [-0.1, -0.05) is 6.42 Å². The zero-order valence-electron chi connectivity index (χ0n) is 12.1. The van der Waals surface area contributed by atoms with E-state index in [0.29, 0.717) is 5.92 Å². The van der Waals surface area contributed by atoms with Gasteiger partial charge in [-0.05, 0) is 44.1 Å². The summed E-state index contributed by atoms with van der Waals surface area (Å²) in [7, 11) is 1.91. The Morgan fingerprint density at radius 3 is 2.90 bits per heavy atom. The Balaban J connectivity index is 1.61. The van der Waals surface area contributed by atoms with Crippen LogP contribution in [0.3, 0.4) is 0 Å². The number of hydrogen-bond acceptors (Lipinski definition) is 4. The van der Waals surface area contributed by atoms with Gasteiger partial charge < -0.3 is 10.6 Å². The first kappa shape index (κ1) is 13.6. The minimum absolute atomic E-state index is 0.0160. The van der Waals surface area contributed by atoms with Crippen LogP contribution in [0.25, 0.3) is 0 Å². The molecular formula is C15H24N4O. The number of anilines is 1. The van der Waals surface area contributed by atoms with Crippen molar-refractivity contribution in [1.29, 1.82) is 0 Å². The van der Waals surface area contributed by atoms with Gasteiger partial charge in [-0.15, -0.1) is 0 Å². The number of hydrogen-bond donors (Lipinski definition) is 2. The summed E-state index contributed by atoms with van der Waals surface area (Å²) in [6, 6.07) is 1.66. The van der Waals surface area contributed by atoms with Gasteiger partial charge in [0.25, 0.3) is 5.56 Å². The lowest BCUT2D eigenvalue weighted by Crippen LogP contribution is -2.28. The molecule has 5 heteroatoms. The molecule has 2 aliphatic carbocycles. The van der Waals surface area contributed by atoms with E-state index in [0.717, 1.165) is 37.2 Å². The zero-order chi connectivity index (χ0) is 13.9. The summed E-state index contributed by atoms with van der Waals surface area (Å²) >= 11 is 0. The molecule has 0 spiro atoms. The third-order valence-corrected chi connectivity index (χ3v) is 4.87. The van der Waals surface area contributed by atoms with E-state index in [1.54, 1.807) is 16.9 Å². The molecule has 2 N–H and O–H groups in total.